The van der Waals surface area contributed by atoms with Crippen molar-refractivity contribution in [3.8, 4) is 5.75 Å². The lowest BCUT2D eigenvalue weighted by molar-refractivity contribution is -0.139. The first kappa shape index (κ1) is 17.2. The topological polar surface area (TPSA) is 80.9 Å². The number of carboxylic acids is 1. The zero-order valence-electron chi connectivity index (χ0n) is 15.4. The molecule has 0 aliphatic rings. The van der Waals surface area contributed by atoms with Gasteiger partial charge in [0.2, 0.25) is 0 Å². The minimum atomic E-state index is -1.05. The highest BCUT2D eigenvalue weighted by molar-refractivity contribution is 6.19. The maximum absolute atomic E-state index is 13.3. The van der Waals surface area contributed by atoms with Crippen LogP contribution in [0.2, 0.25) is 0 Å². The third kappa shape index (κ3) is 2.39. The third-order valence-corrected chi connectivity index (χ3v) is 5.22. The molecule has 0 radical (unpaired) electrons. The summed E-state index contributed by atoms with van der Waals surface area (Å²) in [5.74, 6) is -0.575. The monoisotopic (exact) mass is 384 g/mol. The lowest BCUT2D eigenvalue weighted by atomic mass is 10.0. The molecule has 0 fully saturated rings. The van der Waals surface area contributed by atoms with Crippen LogP contribution in [-0.2, 0) is 11.2 Å². The third-order valence-electron chi connectivity index (χ3n) is 5.22. The first-order valence-electron chi connectivity index (χ1n) is 9.16. The van der Waals surface area contributed by atoms with Gasteiger partial charge in [-0.25, -0.2) is 4.79 Å². The van der Waals surface area contributed by atoms with Gasteiger partial charge in [-0.15, -0.1) is 6.58 Å². The molecule has 0 aliphatic carbocycles. The van der Waals surface area contributed by atoms with Crippen LogP contribution in [0.15, 0.2) is 66.1 Å². The largest absolute Gasteiger partial charge is 0.482 e. The quantitative estimate of drug-likeness (QED) is 0.368. The van der Waals surface area contributed by atoms with Gasteiger partial charge in [0, 0.05) is 33.3 Å². The van der Waals surface area contributed by atoms with E-state index in [-0.39, 0.29) is 5.56 Å². The van der Waals surface area contributed by atoms with E-state index >= 15 is 0 Å². The van der Waals surface area contributed by atoms with Gasteiger partial charge in [0.1, 0.15) is 5.75 Å². The minimum absolute atomic E-state index is 0.107. The van der Waals surface area contributed by atoms with Crippen molar-refractivity contribution in [2.45, 2.75) is 6.42 Å². The van der Waals surface area contributed by atoms with Crippen molar-refractivity contribution < 1.29 is 14.6 Å². The molecule has 5 aromatic rings. The highest BCUT2D eigenvalue weighted by Crippen LogP contribution is 2.38. The van der Waals surface area contributed by atoms with Crippen molar-refractivity contribution in [1.29, 1.82) is 0 Å². The number of hydrogen-bond donors (Lipinski definition) is 1. The highest BCUT2D eigenvalue weighted by Gasteiger charge is 2.21. The molecule has 0 saturated carbocycles. The zero-order chi connectivity index (χ0) is 20.1. The predicted octanol–water partition coefficient (Wildman–Crippen LogP) is 3.78. The number of carboxylic acid groups (broad SMARTS) is 1. The SMILES string of the molecule is C=CCc1c(OCC(=O)O)ccc2c1c1ccnc3c4ccccc4c(=O)n2c13. The van der Waals surface area contributed by atoms with Crippen LogP contribution in [0.1, 0.15) is 5.56 Å². The number of nitrogens with zero attached hydrogens (tertiary/aromatic N) is 2. The minimum Gasteiger partial charge on any atom is -0.482 e. The average molecular weight is 384 g/mol. The van der Waals surface area contributed by atoms with Gasteiger partial charge in [0.15, 0.2) is 6.61 Å². The summed E-state index contributed by atoms with van der Waals surface area (Å²) in [5.41, 5.74) is 2.95. The molecule has 0 bridgehead atoms. The van der Waals surface area contributed by atoms with E-state index in [4.69, 9.17) is 9.84 Å². The number of hydrogen-bond acceptors (Lipinski definition) is 4. The lowest BCUT2D eigenvalue weighted by Gasteiger charge is -2.10. The molecule has 3 heterocycles. The predicted molar refractivity (Wildman–Crippen MR) is 112 cm³/mol. The molecule has 0 atom stereocenters. The number of carbonyl (C=O) groups is 1. The fourth-order valence-electron chi connectivity index (χ4n) is 4.13. The number of aliphatic carboxylic acids is 1. The van der Waals surface area contributed by atoms with E-state index in [2.05, 4.69) is 11.6 Å². The van der Waals surface area contributed by atoms with Crippen molar-refractivity contribution >= 4 is 44.1 Å². The Morgan fingerprint density at radius 2 is 1.93 bits per heavy atom. The normalized spacial score (nSPS) is 11.6. The van der Waals surface area contributed by atoms with Crippen LogP contribution in [0.3, 0.4) is 0 Å². The summed E-state index contributed by atoms with van der Waals surface area (Å²) < 4.78 is 7.23. The first-order chi connectivity index (χ1) is 14.1. The Hall–Kier alpha value is -3.93. The Morgan fingerprint density at radius 3 is 2.69 bits per heavy atom. The van der Waals surface area contributed by atoms with Crippen LogP contribution in [-0.4, -0.2) is 27.1 Å². The summed E-state index contributed by atoms with van der Waals surface area (Å²) in [7, 11) is 0. The van der Waals surface area contributed by atoms with Crippen LogP contribution >= 0.6 is 0 Å². The van der Waals surface area contributed by atoms with Crippen LogP contribution in [0.4, 0.5) is 0 Å². The molecule has 0 saturated heterocycles. The van der Waals surface area contributed by atoms with E-state index in [0.717, 1.165) is 38.3 Å². The van der Waals surface area contributed by atoms with Crippen LogP contribution in [0.5, 0.6) is 5.75 Å². The molecule has 29 heavy (non-hydrogen) atoms. The fraction of sp³-hybridized carbons (Fsp3) is 0.0870. The van der Waals surface area contributed by atoms with Gasteiger partial charge in [-0.3, -0.25) is 14.2 Å². The van der Waals surface area contributed by atoms with Gasteiger partial charge in [-0.1, -0.05) is 24.3 Å². The second kappa shape index (κ2) is 6.31. The number of allylic oxidation sites excluding steroid dienone is 1. The molecular weight excluding hydrogens is 368 g/mol. The standard InChI is InChI=1S/C23H16N2O4/c1-2-5-15-18(29-12-19(26)27)9-8-17-20(15)16-10-11-24-21-13-6-3-4-7-14(13)23(28)25(17)22(16)21/h2-4,6-11H,1,5,12H2,(H,26,27). The molecule has 1 N–H and O–H groups in total. The summed E-state index contributed by atoms with van der Waals surface area (Å²) in [4.78, 5) is 28.9. The zero-order valence-corrected chi connectivity index (χ0v) is 15.4. The van der Waals surface area contributed by atoms with Crippen LogP contribution in [0.25, 0.3) is 38.1 Å². The molecule has 0 unspecified atom stereocenters. The van der Waals surface area contributed by atoms with E-state index in [0.29, 0.717) is 17.6 Å². The number of rotatable bonds is 5. The fourth-order valence-corrected chi connectivity index (χ4v) is 4.13. The molecule has 0 spiro atoms. The summed E-state index contributed by atoms with van der Waals surface area (Å²) in [5, 5.41) is 12.2. The van der Waals surface area contributed by atoms with Gasteiger partial charge in [-0.05, 0) is 30.7 Å². The molecule has 2 aromatic carbocycles. The first-order valence-corrected chi connectivity index (χ1v) is 9.16. The second-order valence-electron chi connectivity index (χ2n) is 6.85. The highest BCUT2D eigenvalue weighted by atomic mass is 16.5. The number of pyridine rings is 2. The van der Waals surface area contributed by atoms with E-state index in [1.54, 1.807) is 28.8 Å². The van der Waals surface area contributed by atoms with E-state index in [9.17, 15) is 9.59 Å². The Kier molecular flexibility index (Phi) is 3.74. The van der Waals surface area contributed by atoms with Gasteiger partial charge < -0.3 is 9.84 Å². The molecular formula is C23H16N2O4. The van der Waals surface area contributed by atoms with Gasteiger partial charge in [0.05, 0.1) is 16.6 Å². The molecule has 6 heteroatoms. The molecule has 6 nitrogen and oxygen atoms in total. The Morgan fingerprint density at radius 1 is 1.14 bits per heavy atom. The van der Waals surface area contributed by atoms with Crippen molar-refractivity contribution in [3.05, 3.63) is 77.2 Å². The number of aromatic nitrogens is 2. The van der Waals surface area contributed by atoms with E-state index in [1.165, 1.54) is 0 Å². The molecule has 5 rings (SSSR count). The van der Waals surface area contributed by atoms with Crippen LogP contribution in [0, 0.1) is 0 Å². The van der Waals surface area contributed by atoms with Gasteiger partial charge >= 0.3 is 5.97 Å². The molecule has 0 aliphatic heterocycles. The Bertz CT molecular complexity index is 1500. The smallest absolute Gasteiger partial charge is 0.341 e. The number of benzene rings is 2. The average Bonchev–Trinajstić information content (AvgIpc) is 3.07. The number of fused-ring (bicyclic) bond motifs is 5. The summed E-state index contributed by atoms with van der Waals surface area (Å²) in [6.45, 7) is 3.39. The Balaban J connectivity index is 2.00. The van der Waals surface area contributed by atoms with Crippen molar-refractivity contribution in [1.82, 2.24) is 9.38 Å². The molecule has 142 valence electrons. The van der Waals surface area contributed by atoms with Crippen molar-refractivity contribution in [2.24, 2.45) is 0 Å². The van der Waals surface area contributed by atoms with Crippen LogP contribution < -0.4 is 10.3 Å². The maximum Gasteiger partial charge on any atom is 0.341 e. The lowest BCUT2D eigenvalue weighted by Crippen LogP contribution is -2.13. The summed E-state index contributed by atoms with van der Waals surface area (Å²) in [6, 6.07) is 12.8. The van der Waals surface area contributed by atoms with E-state index in [1.807, 2.05) is 30.3 Å². The maximum atomic E-state index is 13.3. The van der Waals surface area contributed by atoms with Gasteiger partial charge in [0.25, 0.3) is 5.56 Å². The van der Waals surface area contributed by atoms with Gasteiger partial charge in [-0.2, -0.15) is 0 Å². The molecule has 0 amide bonds. The summed E-state index contributed by atoms with van der Waals surface area (Å²) in [6.07, 6.45) is 3.95. The number of ether oxygens (including phenoxy) is 1. The second-order valence-corrected chi connectivity index (χ2v) is 6.85. The Labute approximate surface area is 164 Å². The van der Waals surface area contributed by atoms with Crippen molar-refractivity contribution in [3.63, 3.8) is 0 Å². The summed E-state index contributed by atoms with van der Waals surface area (Å²) >= 11 is 0. The van der Waals surface area contributed by atoms with E-state index < -0.39 is 12.6 Å². The van der Waals surface area contributed by atoms with Crippen molar-refractivity contribution in [2.75, 3.05) is 6.61 Å². The molecule has 3 aromatic heterocycles.